The van der Waals surface area contributed by atoms with Gasteiger partial charge in [0.25, 0.3) is 0 Å². The van der Waals surface area contributed by atoms with Crippen LogP contribution in [0, 0.1) is 0 Å². The number of hydrogen-bond donors (Lipinski definition) is 0. The standard InChI is InChI=1S/C18H25N3O3/c22-16-7-11-19(12-8-16)14-18(24)21-10-2-1-4-15(21)6-13-20-9-3-5-17(20)23/h7-8,11-12,15H,1-6,9-10,13-14H2/t15-/m0/s1. The summed E-state index contributed by atoms with van der Waals surface area (Å²) in [7, 11) is 0. The first kappa shape index (κ1) is 16.7. The maximum atomic E-state index is 12.7. The van der Waals surface area contributed by atoms with Crippen LogP contribution >= 0.6 is 0 Å². The van der Waals surface area contributed by atoms with Crippen LogP contribution in [-0.2, 0) is 16.1 Å². The van der Waals surface area contributed by atoms with Gasteiger partial charge in [-0.05, 0) is 32.1 Å². The second-order valence-corrected chi connectivity index (χ2v) is 6.72. The van der Waals surface area contributed by atoms with E-state index >= 15 is 0 Å². The van der Waals surface area contributed by atoms with E-state index in [2.05, 4.69) is 0 Å². The van der Waals surface area contributed by atoms with Gasteiger partial charge in [-0.25, -0.2) is 0 Å². The van der Waals surface area contributed by atoms with Crippen molar-refractivity contribution < 1.29 is 9.59 Å². The van der Waals surface area contributed by atoms with E-state index in [0.717, 1.165) is 51.7 Å². The summed E-state index contributed by atoms with van der Waals surface area (Å²) in [6, 6.07) is 3.17. The average molecular weight is 331 g/mol. The van der Waals surface area contributed by atoms with Gasteiger partial charge in [0.05, 0.1) is 0 Å². The Bertz CT molecular complexity index is 635. The third-order valence-electron chi connectivity index (χ3n) is 5.03. The zero-order valence-corrected chi connectivity index (χ0v) is 14.0. The van der Waals surface area contributed by atoms with Crippen molar-refractivity contribution in [1.82, 2.24) is 14.4 Å². The van der Waals surface area contributed by atoms with E-state index in [9.17, 15) is 14.4 Å². The Morgan fingerprint density at radius 1 is 1.08 bits per heavy atom. The SMILES string of the molecule is O=C1CCCN1CC[C@@H]1CCCCN1C(=O)Cn1ccc(=O)cc1. The van der Waals surface area contributed by atoms with Gasteiger partial charge in [0.2, 0.25) is 11.8 Å². The van der Waals surface area contributed by atoms with Crippen molar-refractivity contribution in [2.24, 2.45) is 0 Å². The summed E-state index contributed by atoms with van der Waals surface area (Å²) in [6.07, 6.45) is 8.98. The van der Waals surface area contributed by atoms with Gasteiger partial charge < -0.3 is 14.4 Å². The first-order valence-corrected chi connectivity index (χ1v) is 8.87. The molecule has 6 nitrogen and oxygen atoms in total. The summed E-state index contributed by atoms with van der Waals surface area (Å²) < 4.78 is 1.75. The monoisotopic (exact) mass is 331 g/mol. The first-order chi connectivity index (χ1) is 11.6. The molecule has 2 aliphatic rings. The number of nitrogens with zero attached hydrogens (tertiary/aromatic N) is 3. The van der Waals surface area contributed by atoms with E-state index in [4.69, 9.17) is 0 Å². The summed E-state index contributed by atoms with van der Waals surface area (Å²) in [6.45, 7) is 2.67. The second-order valence-electron chi connectivity index (χ2n) is 6.72. The average Bonchev–Trinajstić information content (AvgIpc) is 3.00. The maximum absolute atomic E-state index is 12.7. The normalized spacial score (nSPS) is 21.3. The van der Waals surface area contributed by atoms with Gasteiger partial charge in [-0.1, -0.05) is 0 Å². The van der Waals surface area contributed by atoms with E-state index in [1.54, 1.807) is 17.0 Å². The van der Waals surface area contributed by atoms with E-state index < -0.39 is 0 Å². The Labute approximate surface area is 142 Å². The molecule has 1 aromatic rings. The lowest BCUT2D eigenvalue weighted by molar-refractivity contribution is -0.135. The fraction of sp³-hybridized carbons (Fsp3) is 0.611. The van der Waals surface area contributed by atoms with Crippen LogP contribution in [0.2, 0.25) is 0 Å². The van der Waals surface area contributed by atoms with Gasteiger partial charge in [-0.3, -0.25) is 14.4 Å². The molecule has 0 unspecified atom stereocenters. The zero-order chi connectivity index (χ0) is 16.9. The highest BCUT2D eigenvalue weighted by Gasteiger charge is 2.28. The van der Waals surface area contributed by atoms with Crippen LogP contribution in [0.3, 0.4) is 0 Å². The molecular formula is C18H25N3O3. The molecule has 3 rings (SSSR count). The Kier molecular flexibility index (Phi) is 5.33. The minimum Gasteiger partial charge on any atom is -0.345 e. The van der Waals surface area contributed by atoms with E-state index in [-0.39, 0.29) is 29.8 Å². The second kappa shape index (κ2) is 7.64. The van der Waals surface area contributed by atoms with Crippen molar-refractivity contribution in [3.8, 4) is 0 Å². The van der Waals surface area contributed by atoms with Crippen molar-refractivity contribution in [2.45, 2.75) is 51.1 Å². The van der Waals surface area contributed by atoms with Crippen LogP contribution in [0.25, 0.3) is 0 Å². The van der Waals surface area contributed by atoms with Gasteiger partial charge in [0.1, 0.15) is 6.54 Å². The van der Waals surface area contributed by atoms with Crippen LogP contribution in [0.1, 0.15) is 38.5 Å². The molecule has 0 aliphatic carbocycles. The van der Waals surface area contributed by atoms with Crippen molar-refractivity contribution in [3.05, 3.63) is 34.7 Å². The van der Waals surface area contributed by atoms with Gasteiger partial charge in [-0.15, -0.1) is 0 Å². The molecule has 0 saturated carbocycles. The third kappa shape index (κ3) is 4.04. The number of aromatic nitrogens is 1. The number of amides is 2. The molecular weight excluding hydrogens is 306 g/mol. The van der Waals surface area contributed by atoms with Crippen LogP contribution in [0.15, 0.2) is 29.3 Å². The molecule has 2 saturated heterocycles. The summed E-state index contributed by atoms with van der Waals surface area (Å²) >= 11 is 0. The largest absolute Gasteiger partial charge is 0.345 e. The van der Waals surface area contributed by atoms with Crippen LogP contribution in [0.4, 0.5) is 0 Å². The first-order valence-electron chi connectivity index (χ1n) is 8.87. The summed E-state index contributed by atoms with van der Waals surface area (Å²) in [5, 5.41) is 0. The quantitative estimate of drug-likeness (QED) is 0.815. The van der Waals surface area contributed by atoms with Gasteiger partial charge in [0.15, 0.2) is 5.43 Å². The molecule has 2 fully saturated rings. The summed E-state index contributed by atoms with van der Waals surface area (Å²) in [4.78, 5) is 39.5. The fourth-order valence-corrected chi connectivity index (χ4v) is 3.67. The van der Waals surface area contributed by atoms with Crippen LogP contribution < -0.4 is 5.43 Å². The minimum absolute atomic E-state index is 0.0511. The molecule has 0 spiro atoms. The highest BCUT2D eigenvalue weighted by atomic mass is 16.2. The molecule has 1 aromatic heterocycles. The number of hydrogen-bond acceptors (Lipinski definition) is 3. The predicted octanol–water partition coefficient (Wildman–Crippen LogP) is 1.24. The predicted molar refractivity (Wildman–Crippen MR) is 90.5 cm³/mol. The van der Waals surface area contributed by atoms with Gasteiger partial charge >= 0.3 is 0 Å². The molecule has 0 N–H and O–H groups in total. The fourth-order valence-electron chi connectivity index (χ4n) is 3.67. The van der Waals surface area contributed by atoms with Crippen molar-refractivity contribution >= 4 is 11.8 Å². The molecule has 24 heavy (non-hydrogen) atoms. The smallest absolute Gasteiger partial charge is 0.242 e. The van der Waals surface area contributed by atoms with Crippen molar-refractivity contribution in [2.75, 3.05) is 19.6 Å². The van der Waals surface area contributed by atoms with Crippen molar-refractivity contribution in [3.63, 3.8) is 0 Å². The van der Waals surface area contributed by atoms with E-state index in [1.165, 1.54) is 12.1 Å². The number of carbonyl (C=O) groups is 2. The highest BCUT2D eigenvalue weighted by Crippen LogP contribution is 2.21. The summed E-state index contributed by atoms with van der Waals surface area (Å²) in [5.74, 6) is 0.341. The third-order valence-corrected chi connectivity index (χ3v) is 5.03. The lowest BCUT2D eigenvalue weighted by Crippen LogP contribution is -2.46. The molecule has 130 valence electrons. The molecule has 0 bridgehead atoms. The molecule has 0 aromatic carbocycles. The zero-order valence-electron chi connectivity index (χ0n) is 14.0. The number of carbonyl (C=O) groups excluding carboxylic acids is 2. The lowest BCUT2D eigenvalue weighted by atomic mass is 9.99. The van der Waals surface area contributed by atoms with Crippen LogP contribution in [0.5, 0.6) is 0 Å². The van der Waals surface area contributed by atoms with E-state index in [0.29, 0.717) is 6.42 Å². The lowest BCUT2D eigenvalue weighted by Gasteiger charge is -2.37. The van der Waals surface area contributed by atoms with E-state index in [1.807, 2.05) is 9.80 Å². The molecule has 1 atom stereocenters. The number of rotatable bonds is 5. The number of pyridine rings is 1. The molecule has 6 heteroatoms. The topological polar surface area (TPSA) is 62.6 Å². The van der Waals surface area contributed by atoms with Gasteiger partial charge in [0, 0.05) is 56.6 Å². The van der Waals surface area contributed by atoms with Crippen molar-refractivity contribution in [1.29, 1.82) is 0 Å². The molecule has 3 heterocycles. The molecule has 0 radical (unpaired) electrons. The Hall–Kier alpha value is -2.11. The Balaban J connectivity index is 1.58. The van der Waals surface area contributed by atoms with Gasteiger partial charge in [-0.2, -0.15) is 0 Å². The number of piperidine rings is 1. The maximum Gasteiger partial charge on any atom is 0.242 e. The molecule has 2 aliphatic heterocycles. The molecule has 2 amide bonds. The Morgan fingerprint density at radius 2 is 1.88 bits per heavy atom. The minimum atomic E-state index is -0.0511. The number of likely N-dealkylation sites (tertiary alicyclic amines) is 2. The Morgan fingerprint density at radius 3 is 2.58 bits per heavy atom. The highest BCUT2D eigenvalue weighted by molar-refractivity contribution is 5.78. The summed E-state index contributed by atoms with van der Waals surface area (Å²) in [5.41, 5.74) is -0.0511. The van der Waals surface area contributed by atoms with Crippen LogP contribution in [-0.4, -0.2) is 51.9 Å².